The number of sulfonamides is 1. The van der Waals surface area contributed by atoms with Crippen molar-refractivity contribution in [2.24, 2.45) is 0 Å². The van der Waals surface area contributed by atoms with Gasteiger partial charge in [0.05, 0.1) is 16.6 Å². The zero-order chi connectivity index (χ0) is 19.0. The Morgan fingerprint density at radius 3 is 2.48 bits per heavy atom. The highest BCUT2D eigenvalue weighted by molar-refractivity contribution is 7.99. The lowest BCUT2D eigenvalue weighted by atomic mass is 10.1. The molecule has 1 unspecified atom stereocenters. The van der Waals surface area contributed by atoms with Gasteiger partial charge < -0.3 is 10.2 Å². The highest BCUT2D eigenvalue weighted by Crippen LogP contribution is 2.45. The molecular weight excluding hydrogens is 378 g/mol. The summed E-state index contributed by atoms with van der Waals surface area (Å²) in [5.74, 6) is 0. The first kappa shape index (κ1) is 18.8. The molecule has 144 valence electrons. The van der Waals surface area contributed by atoms with Gasteiger partial charge in [0.25, 0.3) is 0 Å². The second kappa shape index (κ2) is 7.47. The van der Waals surface area contributed by atoms with Crippen LogP contribution in [0.25, 0.3) is 0 Å². The van der Waals surface area contributed by atoms with Crippen LogP contribution in [-0.4, -0.2) is 50.3 Å². The van der Waals surface area contributed by atoms with Crippen molar-refractivity contribution in [2.75, 3.05) is 38.0 Å². The number of nitrogens with zero attached hydrogens (tertiary/aromatic N) is 2. The molecule has 0 amide bonds. The second-order valence-corrected chi connectivity index (χ2v) is 10.3. The molecule has 1 fully saturated rings. The number of rotatable bonds is 4. The third-order valence-electron chi connectivity index (χ3n) is 5.43. The lowest BCUT2D eigenvalue weighted by molar-refractivity contribution is 0.195. The molecule has 2 aliphatic heterocycles. The summed E-state index contributed by atoms with van der Waals surface area (Å²) in [5.41, 5.74) is 2.88. The highest BCUT2D eigenvalue weighted by Gasteiger charge is 2.32. The Hall–Kier alpha value is -1.54. The van der Waals surface area contributed by atoms with E-state index >= 15 is 0 Å². The molecule has 2 aromatic carbocycles. The van der Waals surface area contributed by atoms with Crippen molar-refractivity contribution >= 4 is 33.2 Å². The number of piperazine rings is 1. The fourth-order valence-electron chi connectivity index (χ4n) is 3.61. The number of likely N-dealkylation sites (N-methyl/N-ethyl adjacent to an activating group) is 1. The smallest absolute Gasteiger partial charge is 0.220 e. The van der Waals surface area contributed by atoms with Crippen molar-refractivity contribution in [3.05, 3.63) is 48.0 Å². The summed E-state index contributed by atoms with van der Waals surface area (Å²) >= 11 is 1.71. The highest BCUT2D eigenvalue weighted by atomic mass is 32.2. The Bertz CT molecular complexity index is 938. The average Bonchev–Trinajstić information content (AvgIpc) is 2.71. The summed E-state index contributed by atoms with van der Waals surface area (Å²) in [5, 5.41) is 2.89. The molecule has 0 spiro atoms. The third-order valence-corrected chi connectivity index (χ3v) is 8.84. The van der Waals surface area contributed by atoms with Gasteiger partial charge in [-0.1, -0.05) is 36.9 Å². The molecule has 0 saturated carbocycles. The van der Waals surface area contributed by atoms with Gasteiger partial charge in [0.1, 0.15) is 0 Å². The predicted octanol–water partition coefficient (Wildman–Crippen LogP) is 3.92. The number of hydrogen-bond acceptors (Lipinski definition) is 5. The summed E-state index contributed by atoms with van der Waals surface area (Å²) < 4.78 is 27.9. The lowest BCUT2D eigenvalue weighted by Crippen LogP contribution is -2.49. The Morgan fingerprint density at radius 1 is 1.04 bits per heavy atom. The van der Waals surface area contributed by atoms with Crippen LogP contribution < -0.4 is 5.32 Å². The normalized spacial score (nSPS) is 19.0. The molecule has 0 aliphatic carbocycles. The van der Waals surface area contributed by atoms with Crippen molar-refractivity contribution in [1.29, 1.82) is 0 Å². The van der Waals surface area contributed by atoms with Gasteiger partial charge in [0.2, 0.25) is 10.0 Å². The minimum Gasteiger partial charge on any atom is -0.354 e. The van der Waals surface area contributed by atoms with Gasteiger partial charge in [-0.2, -0.15) is 4.31 Å². The average molecular weight is 404 g/mol. The molecule has 4 rings (SSSR count). The molecule has 2 aromatic rings. The Morgan fingerprint density at radius 2 is 1.74 bits per heavy atom. The first-order chi connectivity index (χ1) is 13.0. The second-order valence-electron chi connectivity index (χ2n) is 7.00. The molecular formula is C20H25N3O2S2. The molecule has 0 aromatic heterocycles. The van der Waals surface area contributed by atoms with E-state index in [4.69, 9.17) is 0 Å². The fraction of sp³-hybridized carbons (Fsp3) is 0.400. The van der Waals surface area contributed by atoms with E-state index in [1.165, 1.54) is 4.90 Å². The summed E-state index contributed by atoms with van der Waals surface area (Å²) in [7, 11) is -3.36. The minimum atomic E-state index is -3.36. The van der Waals surface area contributed by atoms with E-state index in [1.807, 2.05) is 36.4 Å². The number of anilines is 2. The van der Waals surface area contributed by atoms with Gasteiger partial charge in [-0.3, -0.25) is 0 Å². The molecule has 2 heterocycles. The lowest BCUT2D eigenvalue weighted by Gasteiger charge is -2.35. The molecule has 1 saturated heterocycles. The van der Waals surface area contributed by atoms with Crippen LogP contribution in [0.2, 0.25) is 0 Å². The summed E-state index contributed by atoms with van der Waals surface area (Å²) in [4.78, 5) is 4.60. The van der Waals surface area contributed by atoms with Crippen molar-refractivity contribution in [3.63, 3.8) is 0 Å². The van der Waals surface area contributed by atoms with Crippen LogP contribution in [0.1, 0.15) is 24.7 Å². The van der Waals surface area contributed by atoms with E-state index in [2.05, 4.69) is 23.2 Å². The molecule has 1 N–H and O–H groups in total. The maximum absolute atomic E-state index is 13.1. The minimum absolute atomic E-state index is 0.556. The van der Waals surface area contributed by atoms with Crippen molar-refractivity contribution in [3.8, 4) is 0 Å². The number of hydrogen-bond donors (Lipinski definition) is 1. The van der Waals surface area contributed by atoms with Crippen molar-refractivity contribution in [1.82, 2.24) is 9.21 Å². The Kier molecular flexibility index (Phi) is 5.20. The topological polar surface area (TPSA) is 52.7 Å². The Labute approximate surface area is 165 Å². The van der Waals surface area contributed by atoms with Gasteiger partial charge in [-0.05, 0) is 43.3 Å². The number of benzene rings is 2. The number of para-hydroxylation sites is 1. The van der Waals surface area contributed by atoms with Crippen LogP contribution >= 0.6 is 11.8 Å². The van der Waals surface area contributed by atoms with Crippen molar-refractivity contribution < 1.29 is 8.42 Å². The van der Waals surface area contributed by atoms with E-state index < -0.39 is 15.3 Å². The van der Waals surface area contributed by atoms with Gasteiger partial charge >= 0.3 is 0 Å². The van der Waals surface area contributed by atoms with Crippen LogP contribution in [0.5, 0.6) is 0 Å². The maximum atomic E-state index is 13.1. The number of fused-ring (bicyclic) bond motifs is 2. The predicted molar refractivity (Wildman–Crippen MR) is 111 cm³/mol. The van der Waals surface area contributed by atoms with Crippen LogP contribution in [0.15, 0.2) is 52.3 Å². The summed E-state index contributed by atoms with van der Waals surface area (Å²) in [6.45, 7) is 7.65. The SMILES string of the molecule is CCN1CCN(S(=O)(=O)C(C)c2ccc3c(c2)Nc2ccccc2S3)CC1. The number of nitrogens with one attached hydrogen (secondary N) is 1. The first-order valence-electron chi connectivity index (χ1n) is 9.38. The zero-order valence-electron chi connectivity index (χ0n) is 15.7. The fourth-order valence-corrected chi connectivity index (χ4v) is 6.18. The molecule has 2 aliphatic rings. The van der Waals surface area contributed by atoms with E-state index in [0.717, 1.165) is 41.5 Å². The standard InChI is InChI=1S/C20H25N3O2S2/c1-3-22-10-12-23(13-11-22)27(24,25)15(2)16-8-9-20-18(14-16)21-17-6-4-5-7-19(17)26-20/h4-9,14-15,21H,3,10-13H2,1-2H3. The molecule has 7 heteroatoms. The van der Waals surface area contributed by atoms with E-state index in [0.29, 0.717) is 13.1 Å². The van der Waals surface area contributed by atoms with Crippen LogP contribution in [0.3, 0.4) is 0 Å². The van der Waals surface area contributed by atoms with Crippen LogP contribution in [0.4, 0.5) is 11.4 Å². The van der Waals surface area contributed by atoms with E-state index in [9.17, 15) is 8.42 Å². The van der Waals surface area contributed by atoms with Gasteiger partial charge in [0, 0.05) is 36.0 Å². The summed E-state index contributed by atoms with van der Waals surface area (Å²) in [6.07, 6.45) is 0. The Balaban J connectivity index is 1.56. The third kappa shape index (κ3) is 3.61. The molecule has 0 radical (unpaired) electrons. The molecule has 5 nitrogen and oxygen atoms in total. The quantitative estimate of drug-likeness (QED) is 0.715. The van der Waals surface area contributed by atoms with E-state index in [-0.39, 0.29) is 0 Å². The van der Waals surface area contributed by atoms with Crippen molar-refractivity contribution in [2.45, 2.75) is 28.9 Å². The van der Waals surface area contributed by atoms with E-state index in [1.54, 1.807) is 23.0 Å². The summed E-state index contributed by atoms with van der Waals surface area (Å²) in [6, 6.07) is 14.1. The monoisotopic (exact) mass is 403 g/mol. The molecule has 1 atom stereocenters. The van der Waals surface area contributed by atoms with Gasteiger partial charge in [0.15, 0.2) is 0 Å². The largest absolute Gasteiger partial charge is 0.354 e. The molecule has 27 heavy (non-hydrogen) atoms. The molecule has 0 bridgehead atoms. The first-order valence-corrected chi connectivity index (χ1v) is 11.7. The van der Waals surface area contributed by atoms with Crippen LogP contribution in [-0.2, 0) is 10.0 Å². The van der Waals surface area contributed by atoms with Crippen LogP contribution in [0, 0.1) is 0 Å². The maximum Gasteiger partial charge on any atom is 0.220 e. The van der Waals surface area contributed by atoms with Gasteiger partial charge in [-0.25, -0.2) is 8.42 Å². The van der Waals surface area contributed by atoms with Gasteiger partial charge in [-0.15, -0.1) is 0 Å². The zero-order valence-corrected chi connectivity index (χ0v) is 17.3.